The van der Waals surface area contributed by atoms with E-state index >= 15 is 0 Å². The summed E-state index contributed by atoms with van der Waals surface area (Å²) in [5.41, 5.74) is 7.63. The fourth-order valence-electron chi connectivity index (χ4n) is 2.09. The van der Waals surface area contributed by atoms with Crippen LogP contribution in [0.2, 0.25) is 0 Å². The van der Waals surface area contributed by atoms with Crippen molar-refractivity contribution in [2.45, 2.75) is 13.3 Å². The van der Waals surface area contributed by atoms with Gasteiger partial charge in [0.05, 0.1) is 10.2 Å². The lowest BCUT2D eigenvalue weighted by Gasteiger charge is -2.10. The highest BCUT2D eigenvalue weighted by Crippen LogP contribution is 2.23. The summed E-state index contributed by atoms with van der Waals surface area (Å²) < 4.78 is 18.2. The van der Waals surface area contributed by atoms with Gasteiger partial charge in [-0.2, -0.15) is 0 Å². The predicted octanol–water partition coefficient (Wildman–Crippen LogP) is 0.808. The van der Waals surface area contributed by atoms with Crippen molar-refractivity contribution >= 4 is 39.3 Å². The summed E-state index contributed by atoms with van der Waals surface area (Å²) in [7, 11) is 0. The summed E-state index contributed by atoms with van der Waals surface area (Å²) in [4.78, 5) is 26.1. The molecule has 1 unspecified atom stereocenters. The first-order valence-electron chi connectivity index (χ1n) is 7.65. The molecule has 0 fully saturated rings. The molecule has 0 saturated heterocycles. The molecule has 5 N–H and O–H groups in total. The van der Waals surface area contributed by atoms with E-state index in [0.29, 0.717) is 17.8 Å². The first-order valence-corrected chi connectivity index (χ1v) is 8.44. The molecule has 2 rings (SSSR count). The van der Waals surface area contributed by atoms with Crippen LogP contribution in [0.15, 0.2) is 32.3 Å². The van der Waals surface area contributed by atoms with E-state index in [0.717, 1.165) is 0 Å². The van der Waals surface area contributed by atoms with E-state index in [1.165, 1.54) is 18.2 Å². The van der Waals surface area contributed by atoms with Gasteiger partial charge in [0.2, 0.25) is 0 Å². The maximum absolute atomic E-state index is 13.3. The van der Waals surface area contributed by atoms with Crippen LogP contribution in [0.4, 0.5) is 10.1 Å². The van der Waals surface area contributed by atoms with Gasteiger partial charge in [0, 0.05) is 6.54 Å². The first-order chi connectivity index (χ1) is 12.8. The molecule has 1 aromatic carbocycles. The maximum atomic E-state index is 13.3. The number of benzene rings is 1. The van der Waals surface area contributed by atoms with Gasteiger partial charge >= 0.3 is 11.8 Å². The second-order valence-corrected chi connectivity index (χ2v) is 6.47. The minimum Gasteiger partial charge on any atom is -0.361 e. The molecule has 0 bridgehead atoms. The van der Waals surface area contributed by atoms with Crippen molar-refractivity contribution in [3.05, 3.63) is 39.9 Å². The smallest absolute Gasteiger partial charge is 0.309 e. The van der Waals surface area contributed by atoms with Crippen molar-refractivity contribution < 1.29 is 23.8 Å². The summed E-state index contributed by atoms with van der Waals surface area (Å²) in [6, 6.07) is 4.04. The third-order valence-corrected chi connectivity index (χ3v) is 4.02. The molecular formula is C15H16BrFN6O4. The number of rotatable bonds is 6. The number of aromatic nitrogens is 2. The van der Waals surface area contributed by atoms with Crippen LogP contribution < -0.4 is 16.5 Å². The van der Waals surface area contributed by atoms with E-state index in [1.54, 1.807) is 6.92 Å². The second-order valence-electron chi connectivity index (χ2n) is 5.61. The van der Waals surface area contributed by atoms with Crippen molar-refractivity contribution in [2.24, 2.45) is 16.6 Å². The zero-order valence-electron chi connectivity index (χ0n) is 14.1. The molecule has 0 aliphatic rings. The maximum Gasteiger partial charge on any atom is 0.309 e. The fraction of sp³-hybridized carbons (Fsp3) is 0.267. The molecule has 0 spiro atoms. The Labute approximate surface area is 161 Å². The number of carbonyl (C=O) groups excluding carboxylic acids is 2. The predicted molar refractivity (Wildman–Crippen MR) is 94.6 cm³/mol. The van der Waals surface area contributed by atoms with Crippen LogP contribution in [0.5, 0.6) is 0 Å². The number of primary amides is 1. The molecule has 144 valence electrons. The number of amides is 2. The number of aliphatic imine (C=N–C) groups is 1. The second kappa shape index (κ2) is 9.19. The van der Waals surface area contributed by atoms with Gasteiger partial charge in [0.25, 0.3) is 0 Å². The van der Waals surface area contributed by atoms with Crippen molar-refractivity contribution in [3.8, 4) is 0 Å². The summed E-state index contributed by atoms with van der Waals surface area (Å²) in [5, 5.41) is 19.3. The van der Waals surface area contributed by atoms with Gasteiger partial charge in [-0.3, -0.25) is 20.3 Å². The zero-order valence-corrected chi connectivity index (χ0v) is 15.7. The normalized spacial score (nSPS) is 12.5. The van der Waals surface area contributed by atoms with Crippen LogP contribution in [0.1, 0.15) is 18.3 Å². The minimum atomic E-state index is -1.07. The van der Waals surface area contributed by atoms with Gasteiger partial charge in [-0.15, -0.1) is 0 Å². The lowest BCUT2D eigenvalue weighted by atomic mass is 10.0. The number of hydrogen-bond acceptors (Lipinski definition) is 7. The Hall–Kier alpha value is -2.86. The standard InChI is InChI=1S/C15H16BrFN6O4/c1-7(6-19-15(25)13(18)24)4-11-12(23-27-22-11)14(21-26)20-8-2-3-10(17)9(16)5-8/h2-3,5,7,26H,4,6H2,1H3,(H2,18,24)(H,19,25)(H,20,21). The van der Waals surface area contributed by atoms with Crippen molar-refractivity contribution in [1.29, 1.82) is 0 Å². The van der Waals surface area contributed by atoms with Crippen LogP contribution in [0, 0.1) is 11.7 Å². The average molecular weight is 443 g/mol. The Kier molecular flexibility index (Phi) is 6.96. The number of hydrogen-bond donors (Lipinski definition) is 4. The van der Waals surface area contributed by atoms with Crippen LogP contribution in [-0.4, -0.2) is 39.7 Å². The molecule has 0 radical (unpaired) electrons. The van der Waals surface area contributed by atoms with Crippen LogP contribution in [-0.2, 0) is 16.0 Å². The number of halogens is 2. The van der Waals surface area contributed by atoms with E-state index in [1.807, 2.05) is 5.48 Å². The lowest BCUT2D eigenvalue weighted by molar-refractivity contribution is -0.137. The molecule has 0 aliphatic heterocycles. The van der Waals surface area contributed by atoms with Crippen molar-refractivity contribution in [2.75, 3.05) is 6.54 Å². The van der Waals surface area contributed by atoms with Crippen LogP contribution >= 0.6 is 15.9 Å². The topological polar surface area (TPSA) is 156 Å². The molecule has 2 amide bonds. The highest BCUT2D eigenvalue weighted by molar-refractivity contribution is 9.10. The number of nitrogens with one attached hydrogen (secondary N) is 2. The lowest BCUT2D eigenvalue weighted by Crippen LogP contribution is -2.38. The molecular weight excluding hydrogens is 427 g/mol. The van der Waals surface area contributed by atoms with E-state index in [-0.39, 0.29) is 28.5 Å². The van der Waals surface area contributed by atoms with Gasteiger partial charge in [-0.1, -0.05) is 12.1 Å². The van der Waals surface area contributed by atoms with Crippen LogP contribution in [0.3, 0.4) is 0 Å². The molecule has 0 aliphatic carbocycles. The Bertz CT molecular complexity index is 872. The van der Waals surface area contributed by atoms with Crippen molar-refractivity contribution in [3.63, 3.8) is 0 Å². The molecule has 0 saturated carbocycles. The quantitative estimate of drug-likeness (QED) is 0.223. The third kappa shape index (κ3) is 5.56. The van der Waals surface area contributed by atoms with E-state index in [2.05, 4.69) is 36.6 Å². The molecule has 27 heavy (non-hydrogen) atoms. The number of nitrogens with zero attached hydrogens (tertiary/aromatic N) is 3. The zero-order chi connectivity index (χ0) is 20.0. The van der Waals surface area contributed by atoms with Gasteiger partial charge in [0.15, 0.2) is 11.5 Å². The molecule has 1 aromatic heterocycles. The summed E-state index contributed by atoms with van der Waals surface area (Å²) in [6.45, 7) is 1.96. The average Bonchev–Trinajstić information content (AvgIpc) is 3.08. The first kappa shape index (κ1) is 20.5. The Morgan fingerprint density at radius 2 is 2.19 bits per heavy atom. The Balaban J connectivity index is 2.15. The number of hydroxylamine groups is 1. The molecule has 10 nitrogen and oxygen atoms in total. The minimum absolute atomic E-state index is 0.0573. The summed E-state index contributed by atoms with van der Waals surface area (Å²) in [6.07, 6.45) is 0.297. The number of amidine groups is 1. The molecule has 1 heterocycles. The van der Waals surface area contributed by atoms with Gasteiger partial charge in [-0.05, 0) is 51.6 Å². The molecule has 12 heteroatoms. The van der Waals surface area contributed by atoms with Crippen molar-refractivity contribution in [1.82, 2.24) is 21.1 Å². The van der Waals surface area contributed by atoms with Gasteiger partial charge in [-0.25, -0.2) is 14.0 Å². The third-order valence-electron chi connectivity index (χ3n) is 3.41. The van der Waals surface area contributed by atoms with E-state index in [4.69, 9.17) is 10.4 Å². The number of nitrogens with two attached hydrogens (primary N) is 1. The Morgan fingerprint density at radius 1 is 1.44 bits per heavy atom. The largest absolute Gasteiger partial charge is 0.361 e. The molecule has 2 aromatic rings. The SMILES string of the molecule is CC(CNC(=O)C(N)=O)Cc1nonc1C(=Nc1ccc(F)c(Br)c1)NO. The Morgan fingerprint density at radius 3 is 2.81 bits per heavy atom. The van der Waals surface area contributed by atoms with E-state index < -0.39 is 17.6 Å². The molecule has 1 atom stereocenters. The van der Waals surface area contributed by atoms with Gasteiger partial charge < -0.3 is 11.1 Å². The van der Waals surface area contributed by atoms with Crippen LogP contribution in [0.25, 0.3) is 0 Å². The summed E-state index contributed by atoms with van der Waals surface area (Å²) >= 11 is 3.05. The summed E-state index contributed by atoms with van der Waals surface area (Å²) in [5.74, 6) is -2.63. The fourth-order valence-corrected chi connectivity index (χ4v) is 2.46. The number of carbonyl (C=O) groups is 2. The highest BCUT2D eigenvalue weighted by Gasteiger charge is 2.19. The highest BCUT2D eigenvalue weighted by atomic mass is 79.9. The van der Waals surface area contributed by atoms with E-state index in [9.17, 15) is 19.2 Å². The van der Waals surface area contributed by atoms with Gasteiger partial charge in [0.1, 0.15) is 11.5 Å². The monoisotopic (exact) mass is 442 g/mol.